The normalized spacial score (nSPS) is 9.18. The van der Waals surface area contributed by atoms with Crippen LogP contribution in [0.2, 0.25) is 0 Å². The minimum Gasteiger partial charge on any atom is -0.276 e. The number of nitrogens with zero attached hydrogens (tertiary/aromatic N) is 1. The highest BCUT2D eigenvalue weighted by atomic mass is 35.5. The molecule has 1 rings (SSSR count). The van der Waals surface area contributed by atoms with E-state index < -0.39 is 5.24 Å². The van der Waals surface area contributed by atoms with Gasteiger partial charge in [0.25, 0.3) is 5.24 Å². The number of carbonyl (C=O) groups excluding carboxylic acids is 1. The third kappa shape index (κ3) is 1.85. The summed E-state index contributed by atoms with van der Waals surface area (Å²) in [5, 5.41) is 2.13. The van der Waals surface area contributed by atoms with Crippen molar-refractivity contribution >= 4 is 22.5 Å². The van der Waals surface area contributed by atoms with Gasteiger partial charge in [0.1, 0.15) is 5.69 Å². The molecule has 0 bridgehead atoms. The fraction of sp³-hybridized carbons (Fsp3) is 0. The van der Waals surface area contributed by atoms with Crippen LogP contribution in [0.3, 0.4) is 0 Å². The number of hydrogen-bond acceptors (Lipinski definition) is 3. The molecule has 0 radical (unpaired) electrons. The molecule has 0 aliphatic carbocycles. The van der Waals surface area contributed by atoms with E-state index in [1.807, 2.05) is 0 Å². The maximum absolute atomic E-state index is 10.5. The molecule has 11 heavy (non-hydrogen) atoms. The summed E-state index contributed by atoms with van der Waals surface area (Å²) in [6, 6.07) is 5.77. The minimum absolute atomic E-state index is 0.284. The van der Waals surface area contributed by atoms with Crippen LogP contribution in [0.5, 0.6) is 0 Å². The molecule has 0 unspecified atom stereocenters. The molecule has 1 aromatic carbocycles. The van der Waals surface area contributed by atoms with Gasteiger partial charge in [0.05, 0.1) is 0 Å². The molecular formula is C7H4ClNO2. The molecule has 0 heterocycles. The second-order valence-corrected chi connectivity index (χ2v) is 2.26. The van der Waals surface area contributed by atoms with Gasteiger partial charge in [0.2, 0.25) is 0 Å². The Kier molecular flexibility index (Phi) is 2.33. The van der Waals surface area contributed by atoms with E-state index in [-0.39, 0.29) is 5.69 Å². The molecule has 56 valence electrons. The van der Waals surface area contributed by atoms with E-state index in [0.717, 1.165) is 0 Å². The largest absolute Gasteiger partial charge is 0.276 e. The Balaban J connectivity index is 3.00. The molecule has 0 aliphatic rings. The molecule has 0 fully saturated rings. The monoisotopic (exact) mass is 169 g/mol. The van der Waals surface area contributed by atoms with Crippen molar-refractivity contribution in [3.8, 4) is 0 Å². The van der Waals surface area contributed by atoms with Gasteiger partial charge in [-0.2, -0.15) is 0 Å². The molecule has 0 N–H and O–H groups in total. The number of benzene rings is 1. The highest BCUT2D eigenvalue weighted by molar-refractivity contribution is 6.67. The lowest BCUT2D eigenvalue weighted by Gasteiger charge is -1.91. The minimum atomic E-state index is -0.539. The van der Waals surface area contributed by atoms with Gasteiger partial charge < -0.3 is 0 Å². The van der Waals surface area contributed by atoms with Gasteiger partial charge in [-0.15, -0.1) is 4.91 Å². The van der Waals surface area contributed by atoms with Crippen LogP contribution in [-0.2, 0) is 0 Å². The van der Waals surface area contributed by atoms with Gasteiger partial charge in [0.15, 0.2) is 0 Å². The standard InChI is InChI=1S/C7H4ClNO2/c8-7(10)5-1-3-6(9-11)4-2-5/h1-4H. The van der Waals surface area contributed by atoms with Gasteiger partial charge >= 0.3 is 0 Å². The lowest BCUT2D eigenvalue weighted by Crippen LogP contribution is -1.85. The van der Waals surface area contributed by atoms with Crippen LogP contribution < -0.4 is 0 Å². The molecule has 4 heteroatoms. The second-order valence-electron chi connectivity index (χ2n) is 1.91. The van der Waals surface area contributed by atoms with Crippen molar-refractivity contribution in [2.45, 2.75) is 0 Å². The van der Waals surface area contributed by atoms with E-state index >= 15 is 0 Å². The third-order valence-electron chi connectivity index (χ3n) is 1.20. The van der Waals surface area contributed by atoms with Crippen LogP contribution in [0.4, 0.5) is 5.69 Å². The van der Waals surface area contributed by atoms with Gasteiger partial charge in [-0.25, -0.2) is 0 Å². The fourth-order valence-electron chi connectivity index (χ4n) is 0.653. The molecule has 0 amide bonds. The molecule has 1 aromatic rings. The zero-order valence-corrected chi connectivity index (χ0v) is 6.21. The van der Waals surface area contributed by atoms with Gasteiger partial charge in [-0.3, -0.25) is 4.79 Å². The van der Waals surface area contributed by atoms with Gasteiger partial charge in [0, 0.05) is 5.56 Å². The number of carbonyl (C=O) groups is 1. The van der Waals surface area contributed by atoms with E-state index in [9.17, 15) is 9.70 Å². The Bertz CT molecular complexity index is 281. The maximum Gasteiger partial charge on any atom is 0.252 e. The molecule has 0 saturated carbocycles. The predicted molar refractivity (Wildman–Crippen MR) is 42.1 cm³/mol. The first-order chi connectivity index (χ1) is 5.24. The fourth-order valence-corrected chi connectivity index (χ4v) is 0.779. The van der Waals surface area contributed by atoms with Crippen molar-refractivity contribution in [1.29, 1.82) is 0 Å². The van der Waals surface area contributed by atoms with Gasteiger partial charge in [-0.1, -0.05) is 0 Å². The summed E-state index contributed by atoms with van der Waals surface area (Å²) in [5.41, 5.74) is 0.644. The Hall–Kier alpha value is -1.22. The molecule has 0 aliphatic heterocycles. The summed E-state index contributed by atoms with van der Waals surface area (Å²) in [7, 11) is 0. The van der Waals surface area contributed by atoms with Crippen molar-refractivity contribution in [3.05, 3.63) is 34.7 Å². The molecule has 0 spiro atoms. The Morgan fingerprint density at radius 1 is 1.27 bits per heavy atom. The number of nitroso groups, excluding NO2 is 1. The zero-order valence-electron chi connectivity index (χ0n) is 5.45. The summed E-state index contributed by atoms with van der Waals surface area (Å²) in [6.45, 7) is 0. The SMILES string of the molecule is O=Nc1ccc(C(=O)Cl)cc1. The average Bonchev–Trinajstić information content (AvgIpc) is 2.05. The van der Waals surface area contributed by atoms with Crippen molar-refractivity contribution in [1.82, 2.24) is 0 Å². The third-order valence-corrected chi connectivity index (χ3v) is 1.42. The van der Waals surface area contributed by atoms with Crippen LogP contribution in [0.1, 0.15) is 10.4 Å². The first-order valence-corrected chi connectivity index (χ1v) is 3.25. The lowest BCUT2D eigenvalue weighted by atomic mass is 10.2. The number of halogens is 1. The van der Waals surface area contributed by atoms with E-state index in [2.05, 4.69) is 5.18 Å². The lowest BCUT2D eigenvalue weighted by molar-refractivity contribution is 0.108. The van der Waals surface area contributed by atoms with Crippen molar-refractivity contribution in [2.24, 2.45) is 5.18 Å². The smallest absolute Gasteiger partial charge is 0.252 e. The molecule has 0 atom stereocenters. The van der Waals surface area contributed by atoms with Crippen LogP contribution in [0.25, 0.3) is 0 Å². The van der Waals surface area contributed by atoms with Crippen LogP contribution >= 0.6 is 11.6 Å². The molecule has 3 nitrogen and oxygen atoms in total. The zero-order chi connectivity index (χ0) is 8.27. The number of rotatable bonds is 2. The van der Waals surface area contributed by atoms with Crippen LogP contribution in [0, 0.1) is 4.91 Å². The quantitative estimate of drug-likeness (QED) is 0.504. The second kappa shape index (κ2) is 3.25. The Morgan fingerprint density at radius 2 is 1.82 bits per heavy atom. The summed E-state index contributed by atoms with van der Waals surface area (Å²) in [4.78, 5) is 20.4. The maximum atomic E-state index is 10.5. The van der Waals surface area contributed by atoms with Crippen molar-refractivity contribution in [2.75, 3.05) is 0 Å². The highest BCUT2D eigenvalue weighted by Crippen LogP contribution is 2.13. The summed E-state index contributed by atoms with van der Waals surface area (Å²) >= 11 is 5.15. The predicted octanol–water partition coefficient (Wildman–Crippen LogP) is 2.46. The first kappa shape index (κ1) is 7.88. The van der Waals surface area contributed by atoms with Crippen LogP contribution in [-0.4, -0.2) is 5.24 Å². The van der Waals surface area contributed by atoms with E-state index in [1.54, 1.807) is 0 Å². The first-order valence-electron chi connectivity index (χ1n) is 2.87. The summed E-state index contributed by atoms with van der Waals surface area (Å²) in [5.74, 6) is 0. The Morgan fingerprint density at radius 3 is 2.18 bits per heavy atom. The molecular weight excluding hydrogens is 166 g/mol. The van der Waals surface area contributed by atoms with Gasteiger partial charge in [-0.05, 0) is 41.0 Å². The number of hydrogen-bond donors (Lipinski definition) is 0. The average molecular weight is 170 g/mol. The van der Waals surface area contributed by atoms with Crippen LogP contribution in [0.15, 0.2) is 29.4 Å². The topological polar surface area (TPSA) is 46.5 Å². The molecule has 0 aromatic heterocycles. The Labute approximate surface area is 68.0 Å². The summed E-state index contributed by atoms with van der Waals surface area (Å²) < 4.78 is 0. The van der Waals surface area contributed by atoms with E-state index in [4.69, 9.17) is 11.6 Å². The molecule has 0 saturated heterocycles. The highest BCUT2D eigenvalue weighted by Gasteiger charge is 1.99. The van der Waals surface area contributed by atoms with Crippen molar-refractivity contribution < 1.29 is 4.79 Å². The van der Waals surface area contributed by atoms with E-state index in [1.165, 1.54) is 24.3 Å². The van der Waals surface area contributed by atoms with E-state index in [0.29, 0.717) is 5.56 Å². The summed E-state index contributed by atoms with van der Waals surface area (Å²) in [6.07, 6.45) is 0. The van der Waals surface area contributed by atoms with Crippen molar-refractivity contribution in [3.63, 3.8) is 0 Å².